The molecular formula is C22H29ClN4O5. The average Bonchev–Trinajstić information content (AvgIpc) is 2.76. The Morgan fingerprint density at radius 3 is 1.84 bits per heavy atom. The minimum absolute atomic E-state index is 0. The van der Waals surface area contributed by atoms with Crippen molar-refractivity contribution in [3.8, 4) is 29.1 Å². The number of hydrogen-bond donors (Lipinski definition) is 3. The van der Waals surface area contributed by atoms with Crippen LogP contribution in [0, 0.1) is 11.3 Å². The molecule has 0 aliphatic heterocycles. The summed E-state index contributed by atoms with van der Waals surface area (Å²) >= 11 is 0. The molecule has 0 aliphatic carbocycles. The lowest BCUT2D eigenvalue weighted by Gasteiger charge is -2.14. The molecule has 0 saturated carbocycles. The maximum atomic E-state index is 9.80. The molecule has 0 bridgehead atoms. The molecule has 10 heteroatoms. The molecule has 0 aliphatic rings. The van der Waals surface area contributed by atoms with Crippen molar-refractivity contribution in [3.63, 3.8) is 0 Å². The van der Waals surface area contributed by atoms with Crippen LogP contribution in [0.3, 0.4) is 0 Å². The predicted octanol–water partition coefficient (Wildman–Crippen LogP) is 2.61. The number of nitrogens with zero attached hydrogens (tertiary/aromatic N) is 1. The molecule has 2 rings (SSSR count). The van der Waals surface area contributed by atoms with Gasteiger partial charge in [0.1, 0.15) is 5.75 Å². The summed E-state index contributed by atoms with van der Waals surface area (Å²) in [5.74, 6) is 1.55. The van der Waals surface area contributed by atoms with E-state index in [0.29, 0.717) is 39.8 Å². The molecular weight excluding hydrogens is 436 g/mol. The maximum absolute atomic E-state index is 9.80. The molecule has 9 nitrogen and oxygen atoms in total. The number of nitriles is 1. The van der Waals surface area contributed by atoms with E-state index in [4.69, 9.17) is 30.4 Å². The number of ether oxygens (including phenoxy) is 4. The van der Waals surface area contributed by atoms with Crippen LogP contribution in [0.4, 0.5) is 5.69 Å². The van der Waals surface area contributed by atoms with Gasteiger partial charge in [-0.15, -0.1) is 12.4 Å². The van der Waals surface area contributed by atoms with Gasteiger partial charge in [-0.25, -0.2) is 0 Å². The number of nitrogens with two attached hydrogens (primary N) is 3. The highest BCUT2D eigenvalue weighted by molar-refractivity contribution is 5.91. The van der Waals surface area contributed by atoms with Crippen LogP contribution >= 0.6 is 12.4 Å². The molecule has 0 fully saturated rings. The van der Waals surface area contributed by atoms with Gasteiger partial charge in [-0.3, -0.25) is 4.79 Å². The molecule has 0 heterocycles. The van der Waals surface area contributed by atoms with Gasteiger partial charge in [0.05, 0.1) is 51.8 Å². The molecule has 2 aromatic carbocycles. The Bertz CT molecular complexity index is 962. The second-order valence-electron chi connectivity index (χ2n) is 6.28. The molecule has 0 aromatic heterocycles. The number of carbonyl (C=O) groups excluding carboxylic acids is 1. The molecule has 32 heavy (non-hydrogen) atoms. The summed E-state index contributed by atoms with van der Waals surface area (Å²) in [6, 6.07) is 10.5. The number of methoxy groups -OCH3 is 4. The summed E-state index contributed by atoms with van der Waals surface area (Å²) in [5.41, 5.74) is 17.9. The van der Waals surface area contributed by atoms with Crippen molar-refractivity contribution in [1.82, 2.24) is 0 Å². The Kier molecular flexibility index (Phi) is 12.1. The SMILES string of the molecule is COc1ccc(C=C(C#N)c2cc(OC)c(OC)c(OC)c2)cc1N.C[C@H](N)C(N)=O.Cl. The number of allylic oxidation sites excluding steroid dienone is 1. The Hall–Kier alpha value is -3.61. The molecule has 6 N–H and O–H groups in total. The van der Waals surface area contributed by atoms with Crippen LogP contribution in [0.15, 0.2) is 30.3 Å². The van der Waals surface area contributed by atoms with Crippen molar-refractivity contribution in [2.24, 2.45) is 11.5 Å². The van der Waals surface area contributed by atoms with E-state index in [1.54, 1.807) is 44.4 Å². The first-order chi connectivity index (χ1) is 14.7. The Morgan fingerprint density at radius 2 is 1.50 bits per heavy atom. The van der Waals surface area contributed by atoms with E-state index >= 15 is 0 Å². The highest BCUT2D eigenvalue weighted by Crippen LogP contribution is 2.40. The number of halogens is 1. The van der Waals surface area contributed by atoms with E-state index < -0.39 is 11.9 Å². The van der Waals surface area contributed by atoms with Crippen molar-refractivity contribution >= 4 is 35.7 Å². The Morgan fingerprint density at radius 1 is 1.00 bits per heavy atom. The minimum atomic E-state index is -0.509. The van der Waals surface area contributed by atoms with E-state index in [9.17, 15) is 10.1 Å². The molecule has 0 unspecified atom stereocenters. The summed E-state index contributed by atoms with van der Waals surface area (Å²) in [7, 11) is 6.14. The maximum Gasteiger partial charge on any atom is 0.234 e. The number of benzene rings is 2. The standard InChI is InChI=1S/C19H20N2O4.C3H8N2O.ClH/c1-22-16-6-5-12(8-15(16)21)7-14(11-20)13-9-17(23-2)19(25-4)18(10-13)24-3;1-2(4)3(5)6;/h5-10H,21H2,1-4H3;2H,4H2,1H3,(H2,5,6);1H/t;2-;/m.0./s1. The van der Waals surface area contributed by atoms with Crippen LogP contribution in [-0.2, 0) is 4.79 Å². The Balaban J connectivity index is 0.00000121. The van der Waals surface area contributed by atoms with Gasteiger partial charge in [0.2, 0.25) is 11.7 Å². The number of anilines is 1. The number of nitrogen functional groups attached to an aromatic ring is 1. The highest BCUT2D eigenvalue weighted by Gasteiger charge is 2.15. The fourth-order valence-electron chi connectivity index (χ4n) is 2.43. The van der Waals surface area contributed by atoms with Crippen LogP contribution in [0.25, 0.3) is 11.6 Å². The zero-order valence-corrected chi connectivity index (χ0v) is 19.5. The van der Waals surface area contributed by atoms with Gasteiger partial charge in [0.25, 0.3) is 0 Å². The zero-order valence-electron chi connectivity index (χ0n) is 18.7. The third-order valence-corrected chi connectivity index (χ3v) is 4.11. The monoisotopic (exact) mass is 464 g/mol. The summed E-state index contributed by atoms with van der Waals surface area (Å²) in [6.45, 7) is 1.54. The van der Waals surface area contributed by atoms with E-state index in [-0.39, 0.29) is 12.4 Å². The molecule has 0 radical (unpaired) electrons. The molecule has 0 spiro atoms. The molecule has 174 valence electrons. The fraction of sp³-hybridized carbons (Fsp3) is 0.273. The van der Waals surface area contributed by atoms with E-state index in [1.165, 1.54) is 21.3 Å². The third-order valence-electron chi connectivity index (χ3n) is 4.11. The summed E-state index contributed by atoms with van der Waals surface area (Å²) < 4.78 is 21.1. The van der Waals surface area contributed by atoms with E-state index in [1.807, 2.05) is 6.07 Å². The number of hydrogen-bond acceptors (Lipinski definition) is 8. The topological polar surface area (TPSA) is 156 Å². The lowest BCUT2D eigenvalue weighted by molar-refractivity contribution is -0.118. The van der Waals surface area contributed by atoms with Crippen LogP contribution < -0.4 is 36.1 Å². The van der Waals surface area contributed by atoms with Gasteiger partial charge in [0, 0.05) is 0 Å². The van der Waals surface area contributed by atoms with Crippen molar-refractivity contribution in [2.75, 3.05) is 34.2 Å². The normalized spacial score (nSPS) is 11.0. The van der Waals surface area contributed by atoms with Crippen LogP contribution in [0.5, 0.6) is 23.0 Å². The smallest absolute Gasteiger partial charge is 0.234 e. The third kappa shape index (κ3) is 7.58. The van der Waals surface area contributed by atoms with Gasteiger partial charge in [-0.1, -0.05) is 6.07 Å². The second-order valence-corrected chi connectivity index (χ2v) is 6.28. The van der Waals surface area contributed by atoms with Crippen molar-refractivity contribution in [2.45, 2.75) is 13.0 Å². The van der Waals surface area contributed by atoms with E-state index in [0.717, 1.165) is 5.56 Å². The first-order valence-electron chi connectivity index (χ1n) is 9.12. The first-order valence-corrected chi connectivity index (χ1v) is 9.12. The second kappa shape index (κ2) is 13.6. The quantitative estimate of drug-likeness (QED) is 0.320. The van der Waals surface area contributed by atoms with Crippen molar-refractivity contribution in [1.29, 1.82) is 5.26 Å². The fourth-order valence-corrected chi connectivity index (χ4v) is 2.43. The molecule has 2 aromatic rings. The molecule has 1 amide bonds. The number of primary amides is 1. The van der Waals surface area contributed by atoms with Gasteiger partial charge in [0.15, 0.2) is 11.5 Å². The average molecular weight is 465 g/mol. The van der Waals surface area contributed by atoms with Gasteiger partial charge in [-0.05, 0) is 48.4 Å². The number of carbonyl (C=O) groups is 1. The molecule has 1 atom stereocenters. The van der Waals surface area contributed by atoms with Crippen molar-refractivity contribution in [3.05, 3.63) is 41.5 Å². The number of amides is 1. The lowest BCUT2D eigenvalue weighted by Crippen LogP contribution is -2.32. The predicted molar refractivity (Wildman–Crippen MR) is 127 cm³/mol. The highest BCUT2D eigenvalue weighted by atomic mass is 35.5. The zero-order chi connectivity index (χ0) is 23.6. The van der Waals surface area contributed by atoms with Crippen LogP contribution in [0.2, 0.25) is 0 Å². The Labute approximate surface area is 194 Å². The molecule has 0 saturated heterocycles. The van der Waals surface area contributed by atoms with Crippen LogP contribution in [0.1, 0.15) is 18.1 Å². The van der Waals surface area contributed by atoms with Crippen molar-refractivity contribution < 1.29 is 23.7 Å². The van der Waals surface area contributed by atoms with Gasteiger partial charge >= 0.3 is 0 Å². The lowest BCUT2D eigenvalue weighted by atomic mass is 10.0. The largest absolute Gasteiger partial charge is 0.495 e. The summed E-state index contributed by atoms with van der Waals surface area (Å²) in [6.07, 6.45) is 1.73. The van der Waals surface area contributed by atoms with Gasteiger partial charge in [-0.2, -0.15) is 5.26 Å². The van der Waals surface area contributed by atoms with Crippen LogP contribution in [-0.4, -0.2) is 40.4 Å². The minimum Gasteiger partial charge on any atom is -0.495 e. The first kappa shape index (κ1) is 28.4. The summed E-state index contributed by atoms with van der Waals surface area (Å²) in [4.78, 5) is 9.80. The number of rotatable bonds is 7. The van der Waals surface area contributed by atoms with E-state index in [2.05, 4.69) is 11.8 Å². The van der Waals surface area contributed by atoms with Gasteiger partial charge < -0.3 is 36.1 Å². The summed E-state index contributed by atoms with van der Waals surface area (Å²) in [5, 5.41) is 9.58.